The summed E-state index contributed by atoms with van der Waals surface area (Å²) in [6.07, 6.45) is 4.53. The van der Waals surface area contributed by atoms with Crippen molar-refractivity contribution >= 4 is 17.7 Å². The zero-order valence-electron chi connectivity index (χ0n) is 8.92. The number of nitrogens with zero attached hydrogens (tertiary/aromatic N) is 1. The second-order valence-electron chi connectivity index (χ2n) is 3.36. The lowest BCUT2D eigenvalue weighted by Crippen LogP contribution is -2.10. The van der Waals surface area contributed by atoms with E-state index in [1.54, 1.807) is 18.3 Å². The first-order valence-corrected chi connectivity index (χ1v) is 5.01. The van der Waals surface area contributed by atoms with Crippen LogP contribution in [-0.2, 0) is 4.79 Å². The maximum Gasteiger partial charge on any atom is 0.352 e. The summed E-state index contributed by atoms with van der Waals surface area (Å²) < 4.78 is 0. The highest BCUT2D eigenvalue weighted by molar-refractivity contribution is 5.95. The first-order chi connectivity index (χ1) is 8.25. The molecule has 1 aromatic carbocycles. The number of imidazole rings is 1. The fourth-order valence-electron chi connectivity index (χ4n) is 1.33. The van der Waals surface area contributed by atoms with E-state index in [0.717, 1.165) is 5.69 Å². The second kappa shape index (κ2) is 4.98. The van der Waals surface area contributed by atoms with Crippen LogP contribution in [0, 0.1) is 0 Å². The van der Waals surface area contributed by atoms with Crippen molar-refractivity contribution in [3.8, 4) is 0 Å². The summed E-state index contributed by atoms with van der Waals surface area (Å²) in [5.74, 6) is -1.02. The zero-order valence-corrected chi connectivity index (χ0v) is 8.92. The average molecular weight is 229 g/mol. The second-order valence-corrected chi connectivity index (χ2v) is 3.36. The number of anilines is 1. The third kappa shape index (κ3) is 2.94. The first-order valence-electron chi connectivity index (χ1n) is 5.01. The zero-order chi connectivity index (χ0) is 12.1. The molecule has 0 atom stereocenters. The van der Waals surface area contributed by atoms with Crippen LogP contribution in [0.3, 0.4) is 0 Å². The molecular formula is C12H11N3O2. The molecule has 0 radical (unpaired) electrons. The number of carboxylic acids is 1. The topological polar surface area (TPSA) is 78.0 Å². The highest BCUT2D eigenvalue weighted by atomic mass is 16.4. The maximum atomic E-state index is 11.1. The molecule has 5 heteroatoms. The van der Waals surface area contributed by atoms with Crippen molar-refractivity contribution in [3.05, 3.63) is 54.2 Å². The SMILES string of the molecule is O=C(O)/C(=C/c1cnc[nH]1)Nc1ccccc1. The van der Waals surface area contributed by atoms with Gasteiger partial charge in [-0.1, -0.05) is 18.2 Å². The molecular weight excluding hydrogens is 218 g/mol. The van der Waals surface area contributed by atoms with Crippen molar-refractivity contribution in [2.24, 2.45) is 0 Å². The summed E-state index contributed by atoms with van der Waals surface area (Å²) in [5, 5.41) is 11.9. The molecule has 1 heterocycles. The molecule has 0 aliphatic heterocycles. The van der Waals surface area contributed by atoms with Gasteiger partial charge in [0.2, 0.25) is 0 Å². The highest BCUT2D eigenvalue weighted by Crippen LogP contribution is 2.11. The van der Waals surface area contributed by atoms with E-state index in [1.807, 2.05) is 18.2 Å². The number of H-pyrrole nitrogens is 1. The molecule has 0 amide bonds. The van der Waals surface area contributed by atoms with Crippen molar-refractivity contribution in [2.45, 2.75) is 0 Å². The van der Waals surface area contributed by atoms with Crippen LogP contribution in [0.5, 0.6) is 0 Å². The summed E-state index contributed by atoms with van der Waals surface area (Å²) in [6.45, 7) is 0. The fraction of sp³-hybridized carbons (Fsp3) is 0. The Balaban J connectivity index is 2.22. The molecule has 0 spiro atoms. The molecule has 0 aliphatic carbocycles. The van der Waals surface area contributed by atoms with Crippen LogP contribution in [0.2, 0.25) is 0 Å². The number of rotatable bonds is 4. The van der Waals surface area contributed by atoms with Gasteiger partial charge < -0.3 is 15.4 Å². The molecule has 3 N–H and O–H groups in total. The van der Waals surface area contributed by atoms with E-state index in [9.17, 15) is 4.79 Å². The Hall–Kier alpha value is -2.56. The van der Waals surface area contributed by atoms with E-state index < -0.39 is 5.97 Å². The Morgan fingerprint density at radius 2 is 2.12 bits per heavy atom. The number of nitrogens with one attached hydrogen (secondary N) is 2. The number of carboxylic acid groups (broad SMARTS) is 1. The predicted octanol–water partition coefficient (Wildman–Crippen LogP) is 1.95. The average Bonchev–Trinajstić information content (AvgIpc) is 2.82. The van der Waals surface area contributed by atoms with E-state index in [-0.39, 0.29) is 5.70 Å². The molecule has 0 aliphatic rings. The van der Waals surface area contributed by atoms with Gasteiger partial charge >= 0.3 is 5.97 Å². The molecule has 2 rings (SSSR count). The summed E-state index contributed by atoms with van der Waals surface area (Å²) in [4.78, 5) is 17.7. The van der Waals surface area contributed by atoms with Crippen LogP contribution in [0.25, 0.3) is 6.08 Å². The Morgan fingerprint density at radius 3 is 2.71 bits per heavy atom. The van der Waals surface area contributed by atoms with Crippen molar-refractivity contribution in [1.29, 1.82) is 0 Å². The van der Waals surface area contributed by atoms with Gasteiger partial charge in [0, 0.05) is 5.69 Å². The van der Waals surface area contributed by atoms with Crippen LogP contribution in [0.15, 0.2) is 48.6 Å². The van der Waals surface area contributed by atoms with E-state index in [4.69, 9.17) is 5.11 Å². The maximum absolute atomic E-state index is 11.1. The van der Waals surface area contributed by atoms with Crippen LogP contribution in [0.1, 0.15) is 5.69 Å². The molecule has 5 nitrogen and oxygen atoms in total. The number of aromatic amines is 1. The van der Waals surface area contributed by atoms with Gasteiger partial charge in [0.05, 0.1) is 18.2 Å². The Bertz CT molecular complexity index is 518. The fourth-order valence-corrected chi connectivity index (χ4v) is 1.33. The van der Waals surface area contributed by atoms with Gasteiger partial charge in [-0.2, -0.15) is 0 Å². The molecule has 17 heavy (non-hydrogen) atoms. The van der Waals surface area contributed by atoms with Crippen molar-refractivity contribution in [3.63, 3.8) is 0 Å². The van der Waals surface area contributed by atoms with Crippen LogP contribution in [-0.4, -0.2) is 21.0 Å². The molecule has 0 saturated heterocycles. The van der Waals surface area contributed by atoms with Crippen molar-refractivity contribution in [1.82, 2.24) is 9.97 Å². The number of benzene rings is 1. The van der Waals surface area contributed by atoms with Gasteiger partial charge in [-0.25, -0.2) is 9.78 Å². The normalized spacial score (nSPS) is 11.2. The van der Waals surface area contributed by atoms with E-state index in [0.29, 0.717) is 5.69 Å². The lowest BCUT2D eigenvalue weighted by Gasteiger charge is -2.06. The molecule has 2 aromatic rings. The van der Waals surface area contributed by atoms with Gasteiger partial charge in [0.25, 0.3) is 0 Å². The number of aromatic nitrogens is 2. The minimum absolute atomic E-state index is 0.0838. The minimum atomic E-state index is -1.02. The van der Waals surface area contributed by atoms with Gasteiger partial charge in [0.15, 0.2) is 0 Å². The Morgan fingerprint density at radius 1 is 1.35 bits per heavy atom. The van der Waals surface area contributed by atoms with Gasteiger partial charge in [-0.05, 0) is 18.2 Å². The molecule has 1 aromatic heterocycles. The monoisotopic (exact) mass is 229 g/mol. The summed E-state index contributed by atoms with van der Waals surface area (Å²) >= 11 is 0. The van der Waals surface area contributed by atoms with Crippen LogP contribution < -0.4 is 5.32 Å². The molecule has 86 valence electrons. The number of hydrogen-bond acceptors (Lipinski definition) is 3. The standard InChI is InChI=1S/C12H11N3O2/c16-12(17)11(6-10-7-13-8-14-10)15-9-4-2-1-3-5-9/h1-8,15H,(H,13,14)(H,16,17)/b11-6-. The predicted molar refractivity (Wildman–Crippen MR) is 64.3 cm³/mol. The first kappa shape index (κ1) is 10.9. The number of aliphatic carboxylic acids is 1. The summed E-state index contributed by atoms with van der Waals surface area (Å²) in [6, 6.07) is 9.12. The smallest absolute Gasteiger partial charge is 0.352 e. The van der Waals surface area contributed by atoms with Crippen LogP contribution in [0.4, 0.5) is 5.69 Å². The number of hydrogen-bond donors (Lipinski definition) is 3. The quantitative estimate of drug-likeness (QED) is 0.700. The van der Waals surface area contributed by atoms with E-state index in [2.05, 4.69) is 15.3 Å². The van der Waals surface area contributed by atoms with Crippen LogP contribution >= 0.6 is 0 Å². The largest absolute Gasteiger partial charge is 0.477 e. The lowest BCUT2D eigenvalue weighted by atomic mass is 10.3. The third-order valence-electron chi connectivity index (χ3n) is 2.10. The lowest BCUT2D eigenvalue weighted by molar-refractivity contribution is -0.132. The Kier molecular flexibility index (Phi) is 3.20. The molecule has 0 bridgehead atoms. The summed E-state index contributed by atoms with van der Waals surface area (Å²) in [5.41, 5.74) is 1.44. The minimum Gasteiger partial charge on any atom is -0.477 e. The van der Waals surface area contributed by atoms with Crippen molar-refractivity contribution < 1.29 is 9.90 Å². The Labute approximate surface area is 97.8 Å². The third-order valence-corrected chi connectivity index (χ3v) is 2.10. The van der Waals surface area contributed by atoms with E-state index in [1.165, 1.54) is 12.4 Å². The van der Waals surface area contributed by atoms with E-state index >= 15 is 0 Å². The summed E-state index contributed by atoms with van der Waals surface area (Å²) in [7, 11) is 0. The van der Waals surface area contributed by atoms with Gasteiger partial charge in [-0.15, -0.1) is 0 Å². The molecule has 0 unspecified atom stereocenters. The van der Waals surface area contributed by atoms with Gasteiger partial charge in [-0.3, -0.25) is 0 Å². The van der Waals surface area contributed by atoms with Crippen molar-refractivity contribution in [2.75, 3.05) is 5.32 Å². The number of carbonyl (C=O) groups is 1. The molecule has 0 saturated carbocycles. The highest BCUT2D eigenvalue weighted by Gasteiger charge is 2.07. The number of para-hydroxylation sites is 1. The molecule has 0 fully saturated rings. The van der Waals surface area contributed by atoms with Gasteiger partial charge in [0.1, 0.15) is 5.70 Å².